The van der Waals surface area contributed by atoms with Crippen molar-refractivity contribution in [3.63, 3.8) is 0 Å². The number of carbonyl (C=O) groups is 2. The number of carbonyl (C=O) groups excluding carboxylic acids is 2. The molecule has 6 nitrogen and oxygen atoms in total. The molecular formula is C21H24F2N4O2. The summed E-state index contributed by atoms with van der Waals surface area (Å²) in [4.78, 5) is 30.9. The molecule has 0 saturated carbocycles. The number of nitrogens with zero attached hydrogens (tertiary/aromatic N) is 2. The molecule has 2 atom stereocenters. The minimum absolute atomic E-state index is 0.244. The van der Waals surface area contributed by atoms with Crippen molar-refractivity contribution in [1.82, 2.24) is 9.88 Å². The Kier molecular flexibility index (Phi) is 6.10. The van der Waals surface area contributed by atoms with Crippen molar-refractivity contribution in [2.45, 2.75) is 39.2 Å². The first-order valence-corrected chi connectivity index (χ1v) is 9.52. The monoisotopic (exact) mass is 402 g/mol. The largest absolute Gasteiger partial charge is 0.383 e. The molecule has 29 heavy (non-hydrogen) atoms. The van der Waals surface area contributed by atoms with Gasteiger partial charge in [0, 0.05) is 12.6 Å². The number of amides is 2. The molecular weight excluding hydrogens is 378 g/mol. The van der Waals surface area contributed by atoms with Gasteiger partial charge in [-0.15, -0.1) is 0 Å². The van der Waals surface area contributed by atoms with Crippen molar-refractivity contribution in [2.24, 2.45) is 5.92 Å². The maximum Gasteiger partial charge on any atom is 0.313 e. The second kappa shape index (κ2) is 8.55. The van der Waals surface area contributed by atoms with Crippen LogP contribution >= 0.6 is 0 Å². The number of rotatable bonds is 3. The molecule has 2 amide bonds. The lowest BCUT2D eigenvalue weighted by Crippen LogP contribution is -2.51. The minimum Gasteiger partial charge on any atom is -0.383 e. The first-order valence-electron chi connectivity index (χ1n) is 9.52. The zero-order valence-corrected chi connectivity index (χ0v) is 16.4. The van der Waals surface area contributed by atoms with E-state index in [1.807, 2.05) is 6.92 Å². The van der Waals surface area contributed by atoms with Crippen LogP contribution in [0.3, 0.4) is 0 Å². The number of nitrogens with two attached hydrogens (primary N) is 1. The SMILES string of the molecule is Cc1cc(NC(=O)C(=O)N2C[C@@H](C)CCC2Cc2ccc(F)c(F)c2)cnc1N. The average molecular weight is 402 g/mol. The Hall–Kier alpha value is -3.03. The van der Waals surface area contributed by atoms with E-state index in [2.05, 4.69) is 10.3 Å². The minimum atomic E-state index is -0.923. The molecule has 0 aliphatic carbocycles. The fourth-order valence-electron chi connectivity index (χ4n) is 3.58. The van der Waals surface area contributed by atoms with Crippen LogP contribution in [0.25, 0.3) is 0 Å². The van der Waals surface area contributed by atoms with E-state index in [0.29, 0.717) is 42.0 Å². The van der Waals surface area contributed by atoms with Crippen LogP contribution in [0.4, 0.5) is 20.3 Å². The Morgan fingerprint density at radius 1 is 1.24 bits per heavy atom. The van der Waals surface area contributed by atoms with Gasteiger partial charge < -0.3 is 16.0 Å². The first kappa shape index (κ1) is 20.7. The maximum absolute atomic E-state index is 13.5. The van der Waals surface area contributed by atoms with Gasteiger partial charge in [0.1, 0.15) is 5.82 Å². The highest BCUT2D eigenvalue weighted by atomic mass is 19.2. The van der Waals surface area contributed by atoms with E-state index in [4.69, 9.17) is 5.73 Å². The van der Waals surface area contributed by atoms with Gasteiger partial charge >= 0.3 is 11.8 Å². The summed E-state index contributed by atoms with van der Waals surface area (Å²) in [6.45, 7) is 4.20. The van der Waals surface area contributed by atoms with Crippen LogP contribution in [0.2, 0.25) is 0 Å². The van der Waals surface area contributed by atoms with Crippen LogP contribution in [-0.2, 0) is 16.0 Å². The van der Waals surface area contributed by atoms with E-state index in [1.165, 1.54) is 17.2 Å². The zero-order chi connectivity index (χ0) is 21.1. The molecule has 1 aromatic heterocycles. The number of hydrogen-bond donors (Lipinski definition) is 2. The van der Waals surface area contributed by atoms with E-state index in [0.717, 1.165) is 18.6 Å². The van der Waals surface area contributed by atoms with Crippen LogP contribution in [-0.4, -0.2) is 34.3 Å². The van der Waals surface area contributed by atoms with Gasteiger partial charge in [-0.25, -0.2) is 13.8 Å². The zero-order valence-electron chi connectivity index (χ0n) is 16.4. The lowest BCUT2D eigenvalue weighted by molar-refractivity contribution is -0.146. The lowest BCUT2D eigenvalue weighted by Gasteiger charge is -2.38. The molecule has 2 heterocycles. The molecule has 1 saturated heterocycles. The average Bonchev–Trinajstić information content (AvgIpc) is 2.68. The summed E-state index contributed by atoms with van der Waals surface area (Å²) in [7, 11) is 0. The number of hydrogen-bond acceptors (Lipinski definition) is 4. The Labute approximate surface area is 168 Å². The molecule has 1 unspecified atom stereocenters. The molecule has 3 N–H and O–H groups in total. The lowest BCUT2D eigenvalue weighted by atomic mass is 9.90. The molecule has 1 fully saturated rings. The Morgan fingerprint density at radius 2 is 2.00 bits per heavy atom. The smallest absolute Gasteiger partial charge is 0.313 e. The standard InChI is InChI=1S/C21H24F2N4O2/c1-12-3-5-16(8-14-4-6-17(22)18(23)9-14)27(11-12)21(29)20(28)26-15-7-13(2)19(24)25-10-15/h4,6-7,9-10,12,16H,3,5,8,11H2,1-2H3,(H2,24,25)(H,26,28)/t12-,16?/m0/s1. The number of halogens is 2. The summed E-state index contributed by atoms with van der Waals surface area (Å²) in [6.07, 6.45) is 3.32. The van der Waals surface area contributed by atoms with Gasteiger partial charge in [0.05, 0.1) is 11.9 Å². The molecule has 3 rings (SSSR count). The van der Waals surface area contributed by atoms with E-state index < -0.39 is 23.4 Å². The van der Waals surface area contributed by atoms with Crippen molar-refractivity contribution in [3.05, 3.63) is 53.2 Å². The molecule has 1 aliphatic heterocycles. The van der Waals surface area contributed by atoms with Crippen LogP contribution < -0.4 is 11.1 Å². The van der Waals surface area contributed by atoms with Gasteiger partial charge in [0.2, 0.25) is 0 Å². The van der Waals surface area contributed by atoms with Crippen molar-refractivity contribution in [3.8, 4) is 0 Å². The highest BCUT2D eigenvalue weighted by Crippen LogP contribution is 2.25. The van der Waals surface area contributed by atoms with Crippen LogP contribution in [0, 0.1) is 24.5 Å². The highest BCUT2D eigenvalue weighted by Gasteiger charge is 2.33. The van der Waals surface area contributed by atoms with Crippen LogP contribution in [0.15, 0.2) is 30.5 Å². The Bertz CT molecular complexity index is 935. The van der Waals surface area contributed by atoms with Gasteiger partial charge in [-0.2, -0.15) is 0 Å². The van der Waals surface area contributed by atoms with Gasteiger partial charge in [-0.1, -0.05) is 13.0 Å². The third-order valence-electron chi connectivity index (χ3n) is 5.23. The molecule has 0 bridgehead atoms. The fourth-order valence-corrected chi connectivity index (χ4v) is 3.58. The number of piperidine rings is 1. The molecule has 0 radical (unpaired) electrons. The second-order valence-electron chi connectivity index (χ2n) is 7.63. The number of anilines is 2. The summed E-state index contributed by atoms with van der Waals surface area (Å²) in [5, 5.41) is 2.57. The number of aromatic nitrogens is 1. The number of aryl methyl sites for hydroxylation is 1. The normalized spacial score (nSPS) is 19.1. The molecule has 2 aromatic rings. The van der Waals surface area contributed by atoms with E-state index in [1.54, 1.807) is 13.0 Å². The Morgan fingerprint density at radius 3 is 2.69 bits per heavy atom. The van der Waals surface area contributed by atoms with Crippen molar-refractivity contribution in [1.29, 1.82) is 0 Å². The topological polar surface area (TPSA) is 88.3 Å². The summed E-state index contributed by atoms with van der Waals surface area (Å²) >= 11 is 0. The predicted octanol–water partition coefficient (Wildman–Crippen LogP) is 3.06. The molecule has 8 heteroatoms. The summed E-state index contributed by atoms with van der Waals surface area (Å²) < 4.78 is 26.7. The predicted molar refractivity (Wildman–Crippen MR) is 106 cm³/mol. The Balaban J connectivity index is 1.74. The third kappa shape index (κ3) is 4.88. The first-order chi connectivity index (χ1) is 13.7. The van der Waals surface area contributed by atoms with Gasteiger partial charge in [0.25, 0.3) is 0 Å². The van der Waals surface area contributed by atoms with Gasteiger partial charge in [0.15, 0.2) is 11.6 Å². The van der Waals surface area contributed by atoms with Crippen molar-refractivity contribution < 1.29 is 18.4 Å². The molecule has 1 aromatic carbocycles. The number of pyridine rings is 1. The second-order valence-corrected chi connectivity index (χ2v) is 7.63. The van der Waals surface area contributed by atoms with E-state index in [-0.39, 0.29) is 12.0 Å². The quantitative estimate of drug-likeness (QED) is 0.773. The fraction of sp³-hybridized carbons (Fsp3) is 0.381. The molecule has 154 valence electrons. The summed E-state index contributed by atoms with van der Waals surface area (Å²) in [5.74, 6) is -2.66. The van der Waals surface area contributed by atoms with Crippen LogP contribution in [0.5, 0.6) is 0 Å². The molecule has 1 aliphatic rings. The van der Waals surface area contributed by atoms with E-state index >= 15 is 0 Å². The van der Waals surface area contributed by atoms with Gasteiger partial charge in [-0.3, -0.25) is 9.59 Å². The van der Waals surface area contributed by atoms with E-state index in [9.17, 15) is 18.4 Å². The van der Waals surface area contributed by atoms with Crippen molar-refractivity contribution >= 4 is 23.3 Å². The summed E-state index contributed by atoms with van der Waals surface area (Å²) in [5.41, 5.74) is 7.34. The number of nitrogens with one attached hydrogen (secondary N) is 1. The maximum atomic E-state index is 13.5. The van der Waals surface area contributed by atoms with Gasteiger partial charge in [-0.05, 0) is 61.4 Å². The third-order valence-corrected chi connectivity index (χ3v) is 5.23. The highest BCUT2D eigenvalue weighted by molar-refractivity contribution is 6.39. The summed E-state index contributed by atoms with van der Waals surface area (Å²) in [6, 6.07) is 5.10. The molecule has 0 spiro atoms. The van der Waals surface area contributed by atoms with Crippen molar-refractivity contribution in [2.75, 3.05) is 17.6 Å². The number of benzene rings is 1. The number of likely N-dealkylation sites (tertiary alicyclic amines) is 1. The number of nitrogen functional groups attached to an aromatic ring is 1. The van der Waals surface area contributed by atoms with Crippen LogP contribution in [0.1, 0.15) is 30.9 Å².